The maximum Gasteiger partial charge on any atom is 0.255 e. The summed E-state index contributed by atoms with van der Waals surface area (Å²) in [6, 6.07) is 11.7. The first-order valence-corrected chi connectivity index (χ1v) is 9.04. The fourth-order valence-corrected chi connectivity index (χ4v) is 2.81. The van der Waals surface area contributed by atoms with E-state index in [1.807, 2.05) is 13.8 Å². The van der Waals surface area contributed by atoms with Crippen LogP contribution >= 0.6 is 0 Å². The quantitative estimate of drug-likeness (QED) is 0.600. The molecule has 29 heavy (non-hydrogen) atoms. The Labute approximate surface area is 168 Å². The van der Waals surface area contributed by atoms with Crippen molar-refractivity contribution in [2.24, 2.45) is 0 Å². The molecule has 1 aromatic heterocycles. The van der Waals surface area contributed by atoms with Crippen molar-refractivity contribution in [1.82, 2.24) is 5.16 Å². The van der Waals surface area contributed by atoms with Gasteiger partial charge in [0.2, 0.25) is 0 Å². The Hall–Kier alpha value is -3.61. The summed E-state index contributed by atoms with van der Waals surface area (Å²) in [5.74, 6) is 1.25. The molecular formula is C22H22N2O5. The number of carbonyl (C=O) groups excluding carboxylic acids is 2. The molecule has 0 atom stereocenters. The largest absolute Gasteiger partial charge is 0.493 e. The lowest BCUT2D eigenvalue weighted by Gasteiger charge is -2.12. The van der Waals surface area contributed by atoms with Crippen LogP contribution in [0.15, 0.2) is 47.0 Å². The van der Waals surface area contributed by atoms with E-state index in [-0.39, 0.29) is 18.3 Å². The molecule has 7 heteroatoms. The Morgan fingerprint density at radius 1 is 1.07 bits per heavy atom. The molecule has 1 heterocycles. The van der Waals surface area contributed by atoms with Gasteiger partial charge in [-0.25, -0.2) is 0 Å². The number of ketones is 1. The van der Waals surface area contributed by atoms with Gasteiger partial charge in [0.15, 0.2) is 17.3 Å². The van der Waals surface area contributed by atoms with Crippen LogP contribution in [-0.2, 0) is 6.61 Å². The second-order valence-corrected chi connectivity index (χ2v) is 6.55. The van der Waals surface area contributed by atoms with Gasteiger partial charge in [0.05, 0.1) is 18.4 Å². The summed E-state index contributed by atoms with van der Waals surface area (Å²) in [7, 11) is 1.51. The average molecular weight is 394 g/mol. The number of carbonyl (C=O) groups is 2. The molecule has 0 saturated carbocycles. The molecule has 0 aliphatic heterocycles. The van der Waals surface area contributed by atoms with Crippen LogP contribution in [0.5, 0.6) is 11.5 Å². The van der Waals surface area contributed by atoms with E-state index < -0.39 is 0 Å². The molecule has 1 N–H and O–H groups in total. The Morgan fingerprint density at radius 3 is 2.52 bits per heavy atom. The van der Waals surface area contributed by atoms with Crippen molar-refractivity contribution >= 4 is 17.4 Å². The number of amides is 1. The van der Waals surface area contributed by atoms with Crippen molar-refractivity contribution in [3.8, 4) is 11.5 Å². The van der Waals surface area contributed by atoms with Crippen LogP contribution in [0.3, 0.4) is 0 Å². The lowest BCUT2D eigenvalue weighted by Crippen LogP contribution is -2.12. The van der Waals surface area contributed by atoms with Crippen LogP contribution in [0.1, 0.15) is 44.7 Å². The summed E-state index contributed by atoms with van der Waals surface area (Å²) >= 11 is 0. The van der Waals surface area contributed by atoms with E-state index in [1.165, 1.54) is 14.0 Å². The van der Waals surface area contributed by atoms with Crippen molar-refractivity contribution in [2.45, 2.75) is 27.4 Å². The van der Waals surface area contributed by atoms with Crippen molar-refractivity contribution in [2.75, 3.05) is 12.4 Å². The molecule has 1 amide bonds. The van der Waals surface area contributed by atoms with Crippen LogP contribution in [-0.4, -0.2) is 24.0 Å². The van der Waals surface area contributed by atoms with Crippen molar-refractivity contribution in [3.63, 3.8) is 0 Å². The highest BCUT2D eigenvalue weighted by Gasteiger charge is 2.14. The minimum Gasteiger partial charge on any atom is -0.493 e. The van der Waals surface area contributed by atoms with Crippen molar-refractivity contribution < 1.29 is 23.6 Å². The number of aryl methyl sites for hydroxylation is 2. The molecule has 0 aliphatic carbocycles. The Kier molecular flexibility index (Phi) is 5.97. The number of ether oxygens (including phenoxy) is 2. The highest BCUT2D eigenvalue weighted by molar-refractivity contribution is 6.05. The summed E-state index contributed by atoms with van der Waals surface area (Å²) < 4.78 is 16.3. The number of methoxy groups -OCH3 is 1. The number of benzene rings is 2. The fraction of sp³-hybridized carbons (Fsp3) is 0.227. The number of Topliss-reactive ketones (excluding diaryl/α,β-unsaturated/α-hetero) is 1. The minimum absolute atomic E-state index is 0.0671. The lowest BCUT2D eigenvalue weighted by atomic mass is 10.1. The monoisotopic (exact) mass is 394 g/mol. The third-order valence-electron chi connectivity index (χ3n) is 4.51. The first-order chi connectivity index (χ1) is 13.9. The summed E-state index contributed by atoms with van der Waals surface area (Å²) in [4.78, 5) is 24.1. The molecular weight excluding hydrogens is 372 g/mol. The van der Waals surface area contributed by atoms with E-state index in [4.69, 9.17) is 14.0 Å². The zero-order valence-electron chi connectivity index (χ0n) is 16.7. The number of nitrogens with zero attached hydrogens (tertiary/aromatic N) is 1. The van der Waals surface area contributed by atoms with Crippen LogP contribution < -0.4 is 14.8 Å². The zero-order valence-corrected chi connectivity index (χ0v) is 16.7. The van der Waals surface area contributed by atoms with E-state index in [0.717, 1.165) is 11.3 Å². The maximum absolute atomic E-state index is 12.6. The fourth-order valence-electron chi connectivity index (χ4n) is 2.81. The number of hydrogen-bond donors (Lipinski definition) is 1. The molecule has 0 fully saturated rings. The normalized spacial score (nSPS) is 10.5. The summed E-state index contributed by atoms with van der Waals surface area (Å²) in [5, 5.41) is 6.69. The summed E-state index contributed by atoms with van der Waals surface area (Å²) in [5.41, 5.74) is 3.12. The molecule has 0 radical (unpaired) electrons. The predicted molar refractivity (Wildman–Crippen MR) is 108 cm³/mol. The average Bonchev–Trinajstić information content (AvgIpc) is 3.04. The highest BCUT2D eigenvalue weighted by Crippen LogP contribution is 2.30. The first-order valence-electron chi connectivity index (χ1n) is 9.04. The molecule has 2 aromatic carbocycles. The Bertz CT molecular complexity index is 1040. The van der Waals surface area contributed by atoms with Crippen LogP contribution in [0.4, 0.5) is 5.69 Å². The van der Waals surface area contributed by atoms with Crippen LogP contribution in [0, 0.1) is 13.8 Å². The third-order valence-corrected chi connectivity index (χ3v) is 4.51. The molecule has 0 spiro atoms. The van der Waals surface area contributed by atoms with Gasteiger partial charge in [-0.2, -0.15) is 0 Å². The highest BCUT2D eigenvalue weighted by atomic mass is 16.5. The van der Waals surface area contributed by atoms with Gasteiger partial charge >= 0.3 is 0 Å². The zero-order chi connectivity index (χ0) is 21.0. The van der Waals surface area contributed by atoms with E-state index >= 15 is 0 Å². The van der Waals surface area contributed by atoms with E-state index in [9.17, 15) is 9.59 Å². The molecule has 0 unspecified atom stereocenters. The number of hydrogen-bond acceptors (Lipinski definition) is 6. The Morgan fingerprint density at radius 2 is 1.86 bits per heavy atom. The number of nitrogens with one attached hydrogen (secondary N) is 1. The van der Waals surface area contributed by atoms with Gasteiger partial charge in [0, 0.05) is 16.8 Å². The van der Waals surface area contributed by atoms with Gasteiger partial charge in [-0.3, -0.25) is 9.59 Å². The number of aromatic nitrogens is 1. The number of rotatable bonds is 7. The van der Waals surface area contributed by atoms with Crippen molar-refractivity contribution in [3.05, 3.63) is 70.6 Å². The second kappa shape index (κ2) is 8.60. The van der Waals surface area contributed by atoms with Gasteiger partial charge in [-0.15, -0.1) is 0 Å². The second-order valence-electron chi connectivity index (χ2n) is 6.55. The van der Waals surface area contributed by atoms with Crippen LogP contribution in [0.25, 0.3) is 0 Å². The lowest BCUT2D eigenvalue weighted by molar-refractivity contribution is 0.101. The molecule has 7 nitrogen and oxygen atoms in total. The molecule has 0 saturated heterocycles. The van der Waals surface area contributed by atoms with E-state index in [2.05, 4.69) is 10.5 Å². The SMILES string of the molecule is COc1cc(C(=O)Nc2cccc(C(C)=O)c2)ccc1OCc1c(C)noc1C. The van der Waals surface area contributed by atoms with E-state index in [0.29, 0.717) is 34.1 Å². The smallest absolute Gasteiger partial charge is 0.255 e. The summed E-state index contributed by atoms with van der Waals surface area (Å²) in [6.07, 6.45) is 0. The van der Waals surface area contributed by atoms with Gasteiger partial charge in [0.1, 0.15) is 12.4 Å². The van der Waals surface area contributed by atoms with Gasteiger partial charge < -0.3 is 19.3 Å². The Balaban J connectivity index is 1.74. The van der Waals surface area contributed by atoms with Crippen LogP contribution in [0.2, 0.25) is 0 Å². The number of anilines is 1. The topological polar surface area (TPSA) is 90.7 Å². The standard InChI is InChI=1S/C22H22N2O5/c1-13-19(15(3)29-24-13)12-28-20-9-8-17(11-21(20)27-4)22(26)23-18-7-5-6-16(10-18)14(2)25/h5-11H,12H2,1-4H3,(H,23,26). The first kappa shape index (κ1) is 20.1. The predicted octanol–water partition coefficient (Wildman–Crippen LogP) is 4.33. The molecule has 3 rings (SSSR count). The summed E-state index contributed by atoms with van der Waals surface area (Å²) in [6.45, 7) is 5.43. The molecule has 3 aromatic rings. The van der Waals surface area contributed by atoms with Gasteiger partial charge in [-0.05, 0) is 51.1 Å². The minimum atomic E-state index is -0.318. The third kappa shape index (κ3) is 4.63. The van der Waals surface area contributed by atoms with Gasteiger partial charge in [0.25, 0.3) is 5.91 Å². The van der Waals surface area contributed by atoms with Gasteiger partial charge in [-0.1, -0.05) is 17.3 Å². The molecule has 150 valence electrons. The molecule has 0 aliphatic rings. The van der Waals surface area contributed by atoms with E-state index in [1.54, 1.807) is 42.5 Å². The molecule has 0 bridgehead atoms. The van der Waals surface area contributed by atoms with Crippen molar-refractivity contribution in [1.29, 1.82) is 0 Å². The maximum atomic E-state index is 12.6.